The number of para-hydroxylation sites is 1. The van der Waals surface area contributed by atoms with Gasteiger partial charge in [0.05, 0.1) is 23.3 Å². The normalized spacial score (nSPS) is 11.0. The van der Waals surface area contributed by atoms with Gasteiger partial charge in [-0.05, 0) is 38.0 Å². The standard InChI is InChI=1S/C21H22N6OS/c1-14-18(15(2)27(25-14)17-7-5-4-6-8-17)9-10-20(28)24-21-23-19(13-29-21)16-11-22-26(3)12-16/h4-8,11-13H,9-10H2,1-3H3,(H,23,24,28). The van der Waals surface area contributed by atoms with Gasteiger partial charge >= 0.3 is 0 Å². The first kappa shape index (κ1) is 19.1. The van der Waals surface area contributed by atoms with Crippen molar-refractivity contribution in [1.29, 1.82) is 0 Å². The van der Waals surface area contributed by atoms with Crippen LogP contribution >= 0.6 is 11.3 Å². The summed E-state index contributed by atoms with van der Waals surface area (Å²) in [6, 6.07) is 10.0. The van der Waals surface area contributed by atoms with Crippen molar-refractivity contribution >= 4 is 22.4 Å². The van der Waals surface area contributed by atoms with Gasteiger partial charge in [-0.1, -0.05) is 18.2 Å². The molecule has 0 atom stereocenters. The first-order chi connectivity index (χ1) is 14.0. The number of nitrogens with one attached hydrogen (secondary N) is 1. The Morgan fingerprint density at radius 2 is 2.00 bits per heavy atom. The molecule has 29 heavy (non-hydrogen) atoms. The van der Waals surface area contributed by atoms with Crippen LogP contribution in [0.4, 0.5) is 5.13 Å². The molecule has 0 bridgehead atoms. The number of benzene rings is 1. The number of amides is 1. The van der Waals surface area contributed by atoms with Crippen LogP contribution in [0, 0.1) is 13.8 Å². The van der Waals surface area contributed by atoms with E-state index in [-0.39, 0.29) is 5.91 Å². The van der Waals surface area contributed by atoms with Gasteiger partial charge in [-0.15, -0.1) is 11.3 Å². The van der Waals surface area contributed by atoms with E-state index in [9.17, 15) is 4.79 Å². The molecule has 4 rings (SSSR count). The molecule has 148 valence electrons. The molecule has 8 heteroatoms. The lowest BCUT2D eigenvalue weighted by molar-refractivity contribution is -0.116. The molecule has 0 radical (unpaired) electrons. The molecule has 0 spiro atoms. The van der Waals surface area contributed by atoms with E-state index in [0.717, 1.165) is 33.9 Å². The molecule has 0 aliphatic heterocycles. The predicted molar refractivity (Wildman–Crippen MR) is 114 cm³/mol. The molecule has 0 saturated heterocycles. The average molecular weight is 407 g/mol. The molecule has 1 aromatic carbocycles. The number of carbonyl (C=O) groups is 1. The topological polar surface area (TPSA) is 77.6 Å². The lowest BCUT2D eigenvalue weighted by Crippen LogP contribution is -2.12. The monoisotopic (exact) mass is 406 g/mol. The first-order valence-electron chi connectivity index (χ1n) is 9.36. The summed E-state index contributed by atoms with van der Waals surface area (Å²) < 4.78 is 3.66. The molecule has 0 aliphatic carbocycles. The molecular weight excluding hydrogens is 384 g/mol. The molecule has 3 aromatic heterocycles. The second-order valence-electron chi connectivity index (χ2n) is 6.89. The quantitative estimate of drug-likeness (QED) is 0.526. The van der Waals surface area contributed by atoms with Crippen molar-refractivity contribution in [3.63, 3.8) is 0 Å². The summed E-state index contributed by atoms with van der Waals surface area (Å²) in [6.07, 6.45) is 4.67. The van der Waals surface area contributed by atoms with Gasteiger partial charge in [0, 0.05) is 36.3 Å². The second-order valence-corrected chi connectivity index (χ2v) is 7.74. The number of aromatic nitrogens is 5. The maximum Gasteiger partial charge on any atom is 0.226 e. The minimum atomic E-state index is -0.0525. The van der Waals surface area contributed by atoms with Crippen molar-refractivity contribution in [3.05, 3.63) is 65.1 Å². The highest BCUT2D eigenvalue weighted by atomic mass is 32.1. The van der Waals surface area contributed by atoms with Crippen LogP contribution in [0.15, 0.2) is 48.1 Å². The highest BCUT2D eigenvalue weighted by Gasteiger charge is 2.15. The number of hydrogen-bond acceptors (Lipinski definition) is 5. The van der Waals surface area contributed by atoms with E-state index in [1.54, 1.807) is 10.9 Å². The van der Waals surface area contributed by atoms with E-state index in [4.69, 9.17) is 0 Å². The zero-order valence-corrected chi connectivity index (χ0v) is 17.4. The van der Waals surface area contributed by atoms with E-state index in [1.807, 2.05) is 67.5 Å². The summed E-state index contributed by atoms with van der Waals surface area (Å²) in [6.45, 7) is 4.03. The van der Waals surface area contributed by atoms with Crippen molar-refractivity contribution in [2.75, 3.05) is 5.32 Å². The van der Waals surface area contributed by atoms with Crippen LogP contribution < -0.4 is 5.32 Å². The Bertz CT molecular complexity index is 1140. The molecule has 0 saturated carbocycles. The van der Waals surface area contributed by atoms with Gasteiger partial charge in [0.2, 0.25) is 5.91 Å². The van der Waals surface area contributed by atoms with Crippen molar-refractivity contribution < 1.29 is 4.79 Å². The summed E-state index contributed by atoms with van der Waals surface area (Å²) in [7, 11) is 1.86. The third-order valence-corrected chi connectivity index (χ3v) is 5.55. The number of hydrogen-bond donors (Lipinski definition) is 1. The average Bonchev–Trinajstić information content (AvgIpc) is 3.41. The predicted octanol–water partition coefficient (Wildman–Crippen LogP) is 3.92. The van der Waals surface area contributed by atoms with Crippen LogP contribution in [-0.2, 0) is 18.3 Å². The van der Waals surface area contributed by atoms with E-state index in [2.05, 4.69) is 20.5 Å². The number of carbonyl (C=O) groups excluding carboxylic acids is 1. The SMILES string of the molecule is Cc1nn(-c2ccccc2)c(C)c1CCC(=O)Nc1nc(-c2cnn(C)c2)cs1. The van der Waals surface area contributed by atoms with Crippen LogP contribution in [0.1, 0.15) is 23.4 Å². The Labute approximate surface area is 173 Å². The maximum atomic E-state index is 12.4. The van der Waals surface area contributed by atoms with E-state index in [0.29, 0.717) is 18.0 Å². The van der Waals surface area contributed by atoms with Crippen LogP contribution in [0.3, 0.4) is 0 Å². The Morgan fingerprint density at radius 1 is 1.21 bits per heavy atom. The molecule has 1 amide bonds. The third-order valence-electron chi connectivity index (χ3n) is 4.80. The smallest absolute Gasteiger partial charge is 0.226 e. The van der Waals surface area contributed by atoms with Gasteiger partial charge in [0.25, 0.3) is 0 Å². The minimum absolute atomic E-state index is 0.0525. The molecule has 0 unspecified atom stereocenters. The lowest BCUT2D eigenvalue weighted by Gasteiger charge is -2.05. The van der Waals surface area contributed by atoms with Gasteiger partial charge in [-0.2, -0.15) is 10.2 Å². The molecule has 1 N–H and O–H groups in total. The van der Waals surface area contributed by atoms with Gasteiger partial charge in [-0.3, -0.25) is 9.48 Å². The summed E-state index contributed by atoms with van der Waals surface area (Å²) >= 11 is 1.41. The fourth-order valence-electron chi connectivity index (χ4n) is 3.29. The summed E-state index contributed by atoms with van der Waals surface area (Å²) in [5.41, 5.74) is 5.90. The highest BCUT2D eigenvalue weighted by Crippen LogP contribution is 2.25. The van der Waals surface area contributed by atoms with Crippen LogP contribution in [0.2, 0.25) is 0 Å². The molecule has 3 heterocycles. The Kier molecular flexibility index (Phi) is 5.26. The summed E-state index contributed by atoms with van der Waals surface area (Å²) in [5.74, 6) is -0.0525. The van der Waals surface area contributed by atoms with E-state index in [1.165, 1.54) is 11.3 Å². The van der Waals surface area contributed by atoms with E-state index >= 15 is 0 Å². The molecule has 7 nitrogen and oxygen atoms in total. The fraction of sp³-hybridized carbons (Fsp3) is 0.238. The Hall–Kier alpha value is -3.26. The Morgan fingerprint density at radius 3 is 2.72 bits per heavy atom. The van der Waals surface area contributed by atoms with Gasteiger partial charge in [0.1, 0.15) is 0 Å². The third kappa shape index (κ3) is 4.12. The fourth-order valence-corrected chi connectivity index (χ4v) is 4.03. The number of nitrogens with zero attached hydrogens (tertiary/aromatic N) is 5. The number of rotatable bonds is 6. The van der Waals surface area contributed by atoms with Crippen molar-refractivity contribution in [1.82, 2.24) is 24.5 Å². The second kappa shape index (κ2) is 8.00. The number of anilines is 1. The Balaban J connectivity index is 1.40. The van der Waals surface area contributed by atoms with E-state index < -0.39 is 0 Å². The van der Waals surface area contributed by atoms with Crippen LogP contribution in [-0.4, -0.2) is 30.5 Å². The van der Waals surface area contributed by atoms with Crippen molar-refractivity contribution in [2.45, 2.75) is 26.7 Å². The minimum Gasteiger partial charge on any atom is -0.302 e. The van der Waals surface area contributed by atoms with Crippen LogP contribution in [0.25, 0.3) is 16.9 Å². The maximum absolute atomic E-state index is 12.4. The zero-order chi connectivity index (χ0) is 20.4. The zero-order valence-electron chi connectivity index (χ0n) is 16.6. The van der Waals surface area contributed by atoms with Gasteiger partial charge in [0.15, 0.2) is 5.13 Å². The molecular formula is C21H22N6OS. The first-order valence-corrected chi connectivity index (χ1v) is 10.2. The molecule has 0 aliphatic rings. The summed E-state index contributed by atoms with van der Waals surface area (Å²) in [5, 5.41) is 14.2. The molecule has 0 fully saturated rings. The lowest BCUT2D eigenvalue weighted by atomic mass is 10.1. The van der Waals surface area contributed by atoms with Crippen molar-refractivity contribution in [2.24, 2.45) is 7.05 Å². The van der Waals surface area contributed by atoms with Crippen molar-refractivity contribution in [3.8, 4) is 16.9 Å². The number of thiazole rings is 1. The summed E-state index contributed by atoms with van der Waals surface area (Å²) in [4.78, 5) is 16.9. The molecule has 4 aromatic rings. The largest absolute Gasteiger partial charge is 0.302 e. The number of aryl methyl sites for hydroxylation is 2. The van der Waals surface area contributed by atoms with Gasteiger partial charge < -0.3 is 5.32 Å². The highest BCUT2D eigenvalue weighted by molar-refractivity contribution is 7.14. The van der Waals surface area contributed by atoms with Crippen LogP contribution in [0.5, 0.6) is 0 Å². The van der Waals surface area contributed by atoms with Gasteiger partial charge in [-0.25, -0.2) is 9.67 Å².